The second kappa shape index (κ2) is 3.77. The highest BCUT2D eigenvalue weighted by Gasteiger charge is 2.35. The molecule has 3 N–H and O–H groups in total. The van der Waals surface area contributed by atoms with Gasteiger partial charge in [0.25, 0.3) is 0 Å². The highest BCUT2D eigenvalue weighted by atomic mass is 35.5. The van der Waals surface area contributed by atoms with Crippen LogP contribution >= 0.6 is 24.0 Å². The molecule has 0 aromatic carbocycles. The maximum Gasteiger partial charge on any atom is 0.0926 e. The molecule has 0 rings (SSSR count). The first kappa shape index (κ1) is 13.1. The fourth-order valence-electron chi connectivity index (χ4n) is 0.243. The van der Waals surface area contributed by atoms with Crippen LogP contribution in [0.1, 0.15) is 20.8 Å². The van der Waals surface area contributed by atoms with Gasteiger partial charge >= 0.3 is 0 Å². The Morgan fingerprint density at radius 1 is 1.40 bits per heavy atom. The molecule has 0 aliphatic rings. The van der Waals surface area contributed by atoms with Crippen molar-refractivity contribution in [1.29, 1.82) is 0 Å². The average Bonchev–Trinajstić information content (AvgIpc) is 1.64. The lowest BCUT2D eigenvalue weighted by molar-refractivity contribution is 0.0357. The lowest BCUT2D eigenvalue weighted by Gasteiger charge is -2.33. The minimum atomic E-state index is -0.978. The quantitative estimate of drug-likeness (QED) is 0.638. The molecule has 4 heteroatoms. The van der Waals surface area contributed by atoms with Gasteiger partial charge in [0.2, 0.25) is 0 Å². The smallest absolute Gasteiger partial charge is 0.0926 e. The fraction of sp³-hybridized carbons (Fsp3) is 1.00. The standard InChI is InChI=1S/C6H14ClNO.ClH/c1-5(2,7)6(3,9)4-8;/h9H,4,8H2,1-3H3;1H. The third-order valence-electron chi connectivity index (χ3n) is 1.68. The summed E-state index contributed by atoms with van der Waals surface area (Å²) in [6.45, 7) is 5.28. The van der Waals surface area contributed by atoms with Crippen LogP contribution in [0.2, 0.25) is 0 Å². The highest BCUT2D eigenvalue weighted by Crippen LogP contribution is 2.26. The summed E-state index contributed by atoms with van der Waals surface area (Å²) in [7, 11) is 0. The van der Waals surface area contributed by atoms with E-state index in [2.05, 4.69) is 0 Å². The molecule has 0 amide bonds. The van der Waals surface area contributed by atoms with Crippen LogP contribution < -0.4 is 5.73 Å². The van der Waals surface area contributed by atoms with Crippen LogP contribution in [-0.4, -0.2) is 22.1 Å². The van der Waals surface area contributed by atoms with Crippen LogP contribution in [0.5, 0.6) is 0 Å². The normalized spacial score (nSPS) is 17.4. The third kappa shape index (κ3) is 3.06. The van der Waals surface area contributed by atoms with E-state index in [0.29, 0.717) is 0 Å². The summed E-state index contributed by atoms with van der Waals surface area (Å²) in [4.78, 5) is -0.651. The topological polar surface area (TPSA) is 46.2 Å². The summed E-state index contributed by atoms with van der Waals surface area (Å²) in [5.41, 5.74) is 4.28. The second-order valence-electron chi connectivity index (χ2n) is 2.95. The van der Waals surface area contributed by atoms with Crippen molar-refractivity contribution < 1.29 is 5.11 Å². The molecular formula is C6H15Cl2NO. The first-order valence-electron chi connectivity index (χ1n) is 2.92. The Balaban J connectivity index is 0. The molecule has 1 unspecified atom stereocenters. The van der Waals surface area contributed by atoms with E-state index in [9.17, 15) is 5.11 Å². The Hall–Kier alpha value is 0.500. The van der Waals surface area contributed by atoms with E-state index < -0.39 is 10.5 Å². The molecule has 64 valence electrons. The molecule has 1 atom stereocenters. The van der Waals surface area contributed by atoms with Gasteiger partial charge in [0.05, 0.1) is 10.5 Å². The van der Waals surface area contributed by atoms with Gasteiger partial charge < -0.3 is 10.8 Å². The number of alkyl halides is 1. The number of hydrogen-bond acceptors (Lipinski definition) is 2. The van der Waals surface area contributed by atoms with Gasteiger partial charge in [0.1, 0.15) is 0 Å². The molecule has 10 heavy (non-hydrogen) atoms. The Morgan fingerprint density at radius 2 is 1.70 bits per heavy atom. The summed E-state index contributed by atoms with van der Waals surface area (Å²) in [6.07, 6.45) is 0. The van der Waals surface area contributed by atoms with Crippen molar-refractivity contribution in [1.82, 2.24) is 0 Å². The third-order valence-corrected chi connectivity index (χ3v) is 2.09. The van der Waals surface area contributed by atoms with Crippen molar-refractivity contribution in [3.05, 3.63) is 0 Å². The molecule has 0 radical (unpaired) electrons. The molecule has 0 heterocycles. The van der Waals surface area contributed by atoms with Crippen LogP contribution in [0.4, 0.5) is 0 Å². The zero-order valence-corrected chi connectivity index (χ0v) is 8.09. The molecule has 2 nitrogen and oxygen atoms in total. The van der Waals surface area contributed by atoms with Crippen molar-refractivity contribution in [2.75, 3.05) is 6.54 Å². The average molecular weight is 188 g/mol. The van der Waals surface area contributed by atoms with Crippen LogP contribution in [-0.2, 0) is 0 Å². The lowest BCUT2D eigenvalue weighted by atomic mass is 9.92. The molecular weight excluding hydrogens is 173 g/mol. The molecule has 0 saturated heterocycles. The van der Waals surface area contributed by atoms with E-state index in [-0.39, 0.29) is 19.0 Å². The summed E-state index contributed by atoms with van der Waals surface area (Å²) in [5.74, 6) is 0. The maximum atomic E-state index is 9.40. The number of hydrogen-bond donors (Lipinski definition) is 2. The van der Waals surface area contributed by atoms with Gasteiger partial charge in [-0.15, -0.1) is 24.0 Å². The Kier molecular flexibility index (Phi) is 4.94. The van der Waals surface area contributed by atoms with E-state index in [0.717, 1.165) is 0 Å². The Morgan fingerprint density at radius 3 is 1.70 bits per heavy atom. The molecule has 0 fully saturated rings. The minimum absolute atomic E-state index is 0. The molecule has 0 aromatic rings. The van der Waals surface area contributed by atoms with E-state index in [4.69, 9.17) is 17.3 Å². The van der Waals surface area contributed by atoms with Crippen molar-refractivity contribution in [3.63, 3.8) is 0 Å². The van der Waals surface area contributed by atoms with Crippen molar-refractivity contribution in [3.8, 4) is 0 Å². The molecule has 0 saturated carbocycles. The molecule has 0 bridgehead atoms. The zero-order chi connectivity index (χ0) is 7.71. The van der Waals surface area contributed by atoms with Gasteiger partial charge in [-0.1, -0.05) is 0 Å². The van der Waals surface area contributed by atoms with E-state index >= 15 is 0 Å². The maximum absolute atomic E-state index is 9.40. The Bertz CT molecular complexity index is 98.4. The highest BCUT2D eigenvalue weighted by molar-refractivity contribution is 6.24. The van der Waals surface area contributed by atoms with Crippen LogP contribution in [0.25, 0.3) is 0 Å². The summed E-state index contributed by atoms with van der Waals surface area (Å²) < 4.78 is 0. The SMILES string of the molecule is CC(C)(Cl)C(C)(O)CN.Cl. The number of nitrogens with two attached hydrogens (primary N) is 1. The van der Waals surface area contributed by atoms with Gasteiger partial charge in [0.15, 0.2) is 0 Å². The molecule has 0 aliphatic carbocycles. The minimum Gasteiger partial charge on any atom is -0.387 e. The van der Waals surface area contributed by atoms with Gasteiger partial charge in [-0.3, -0.25) is 0 Å². The van der Waals surface area contributed by atoms with Crippen molar-refractivity contribution in [2.45, 2.75) is 31.2 Å². The number of halogens is 2. The van der Waals surface area contributed by atoms with Gasteiger partial charge in [-0.05, 0) is 20.8 Å². The lowest BCUT2D eigenvalue weighted by Crippen LogP contribution is -2.49. The first-order chi connectivity index (χ1) is 3.81. The van der Waals surface area contributed by atoms with Crippen LogP contribution in [0.15, 0.2) is 0 Å². The van der Waals surface area contributed by atoms with Gasteiger partial charge in [-0.25, -0.2) is 0 Å². The molecule has 0 aromatic heterocycles. The van der Waals surface area contributed by atoms with Crippen molar-refractivity contribution in [2.24, 2.45) is 5.73 Å². The van der Waals surface area contributed by atoms with Gasteiger partial charge in [0, 0.05) is 6.54 Å². The largest absolute Gasteiger partial charge is 0.387 e. The predicted molar refractivity (Wildman–Crippen MR) is 46.9 cm³/mol. The molecule has 0 aliphatic heterocycles. The molecule has 0 spiro atoms. The van der Waals surface area contributed by atoms with Gasteiger partial charge in [-0.2, -0.15) is 0 Å². The zero-order valence-electron chi connectivity index (χ0n) is 6.52. The monoisotopic (exact) mass is 187 g/mol. The fourth-order valence-corrected chi connectivity index (χ4v) is 0.320. The van der Waals surface area contributed by atoms with E-state index in [1.54, 1.807) is 20.8 Å². The van der Waals surface area contributed by atoms with Crippen molar-refractivity contribution >= 4 is 24.0 Å². The van der Waals surface area contributed by atoms with Crippen LogP contribution in [0, 0.1) is 0 Å². The summed E-state index contributed by atoms with van der Waals surface area (Å²) in [6, 6.07) is 0. The summed E-state index contributed by atoms with van der Waals surface area (Å²) in [5, 5.41) is 9.40. The van der Waals surface area contributed by atoms with E-state index in [1.165, 1.54) is 0 Å². The second-order valence-corrected chi connectivity index (χ2v) is 3.90. The van der Waals surface area contributed by atoms with E-state index in [1.807, 2.05) is 0 Å². The number of aliphatic hydroxyl groups is 1. The number of rotatable bonds is 2. The predicted octanol–water partition coefficient (Wildman–Crippen LogP) is 1.14. The summed E-state index contributed by atoms with van der Waals surface area (Å²) >= 11 is 5.79. The van der Waals surface area contributed by atoms with Crippen LogP contribution in [0.3, 0.4) is 0 Å². The first-order valence-corrected chi connectivity index (χ1v) is 3.30. The Labute approximate surface area is 73.2 Å².